The molecule has 0 unspecified atom stereocenters. The number of methoxy groups -OCH3 is 1. The van der Waals surface area contributed by atoms with E-state index >= 15 is 0 Å². The molecule has 1 aromatic carbocycles. The molecule has 2 rings (SSSR count). The maximum absolute atomic E-state index is 12.9. The zero-order chi connectivity index (χ0) is 20.1. The van der Waals surface area contributed by atoms with Gasteiger partial charge in [-0.05, 0) is 50.1 Å². The molecule has 144 valence electrons. The molecule has 0 saturated carbocycles. The van der Waals surface area contributed by atoms with Gasteiger partial charge >= 0.3 is 5.97 Å². The second-order valence-corrected chi connectivity index (χ2v) is 6.71. The molecule has 1 heterocycles. The summed E-state index contributed by atoms with van der Waals surface area (Å²) in [6, 6.07) is 6.56. The molecule has 0 fully saturated rings. The van der Waals surface area contributed by atoms with E-state index in [1.54, 1.807) is 38.1 Å². The molecule has 0 aliphatic rings. The zero-order valence-electron chi connectivity index (χ0n) is 15.9. The van der Waals surface area contributed by atoms with Gasteiger partial charge in [-0.3, -0.25) is 9.59 Å². The van der Waals surface area contributed by atoms with Gasteiger partial charge in [0.1, 0.15) is 5.69 Å². The predicted octanol–water partition coefficient (Wildman–Crippen LogP) is 3.81. The third kappa shape index (κ3) is 4.57. The normalized spacial score (nSPS) is 10.6. The van der Waals surface area contributed by atoms with Crippen LogP contribution in [0.5, 0.6) is 0 Å². The Labute approximate surface area is 163 Å². The van der Waals surface area contributed by atoms with Crippen molar-refractivity contribution in [2.24, 2.45) is 0 Å². The SMILES string of the molecule is CCCN(CC(=O)c1c(C)[nH]c(C(=O)OC)c1C)C(=O)c1ccc(Cl)cc1. The number of ether oxygens (including phenoxy) is 1. The molecule has 1 amide bonds. The van der Waals surface area contributed by atoms with Crippen molar-refractivity contribution in [3.8, 4) is 0 Å². The summed E-state index contributed by atoms with van der Waals surface area (Å²) in [5, 5.41) is 0.540. The first-order chi connectivity index (χ1) is 12.8. The number of Topliss-reactive ketones (excluding diaryl/α,β-unsaturated/α-hetero) is 1. The topological polar surface area (TPSA) is 79.5 Å². The molecule has 1 aromatic heterocycles. The number of nitrogens with one attached hydrogen (secondary N) is 1. The van der Waals surface area contributed by atoms with Gasteiger partial charge in [0.05, 0.1) is 13.7 Å². The molecular formula is C20H23ClN2O4. The Morgan fingerprint density at radius 1 is 1.15 bits per heavy atom. The number of aromatic nitrogens is 1. The Kier molecular flexibility index (Phi) is 6.80. The lowest BCUT2D eigenvalue weighted by atomic mass is 10.0. The molecule has 0 saturated heterocycles. The minimum atomic E-state index is -0.530. The van der Waals surface area contributed by atoms with Gasteiger partial charge in [0.25, 0.3) is 5.91 Å². The average molecular weight is 391 g/mol. The van der Waals surface area contributed by atoms with Crippen molar-refractivity contribution in [3.05, 3.63) is 57.4 Å². The monoisotopic (exact) mass is 390 g/mol. The van der Waals surface area contributed by atoms with Crippen LogP contribution in [0, 0.1) is 13.8 Å². The molecule has 0 spiro atoms. The molecule has 0 atom stereocenters. The minimum absolute atomic E-state index is 0.0740. The Morgan fingerprint density at radius 3 is 2.33 bits per heavy atom. The van der Waals surface area contributed by atoms with Crippen molar-refractivity contribution in [1.29, 1.82) is 0 Å². The van der Waals surface area contributed by atoms with Gasteiger partial charge in [0.15, 0.2) is 5.78 Å². The first-order valence-electron chi connectivity index (χ1n) is 8.65. The molecule has 7 heteroatoms. The van der Waals surface area contributed by atoms with Gasteiger partial charge in [-0.1, -0.05) is 18.5 Å². The van der Waals surface area contributed by atoms with Crippen LogP contribution in [0.3, 0.4) is 0 Å². The molecule has 0 aliphatic heterocycles. The Balaban J connectivity index is 2.27. The smallest absolute Gasteiger partial charge is 0.354 e. The summed E-state index contributed by atoms with van der Waals surface area (Å²) in [6.45, 7) is 5.72. The number of rotatable bonds is 7. The fourth-order valence-electron chi connectivity index (χ4n) is 3.02. The van der Waals surface area contributed by atoms with Crippen LogP contribution < -0.4 is 0 Å². The number of amides is 1. The lowest BCUT2D eigenvalue weighted by Gasteiger charge is -2.21. The lowest BCUT2D eigenvalue weighted by Crippen LogP contribution is -2.36. The molecule has 6 nitrogen and oxygen atoms in total. The molecule has 27 heavy (non-hydrogen) atoms. The maximum Gasteiger partial charge on any atom is 0.354 e. The number of ketones is 1. The van der Waals surface area contributed by atoms with Crippen molar-refractivity contribution in [2.45, 2.75) is 27.2 Å². The van der Waals surface area contributed by atoms with Crippen molar-refractivity contribution in [1.82, 2.24) is 9.88 Å². The third-order valence-electron chi connectivity index (χ3n) is 4.31. The summed E-state index contributed by atoms with van der Waals surface area (Å²) >= 11 is 5.88. The summed E-state index contributed by atoms with van der Waals surface area (Å²) < 4.78 is 4.73. The second kappa shape index (κ2) is 8.86. The van der Waals surface area contributed by atoms with Crippen LogP contribution in [0.15, 0.2) is 24.3 Å². The Morgan fingerprint density at radius 2 is 1.78 bits per heavy atom. The number of carbonyl (C=O) groups excluding carboxylic acids is 3. The van der Waals surface area contributed by atoms with E-state index < -0.39 is 5.97 Å². The van der Waals surface area contributed by atoms with E-state index in [1.807, 2.05) is 6.92 Å². The van der Waals surface area contributed by atoms with Crippen LogP contribution >= 0.6 is 11.6 Å². The van der Waals surface area contributed by atoms with E-state index in [4.69, 9.17) is 16.3 Å². The van der Waals surface area contributed by atoms with Crippen LogP contribution in [-0.2, 0) is 4.74 Å². The van der Waals surface area contributed by atoms with Gasteiger partial charge in [-0.25, -0.2) is 4.79 Å². The average Bonchev–Trinajstić information content (AvgIpc) is 2.95. The zero-order valence-corrected chi connectivity index (χ0v) is 16.6. The van der Waals surface area contributed by atoms with Crippen LogP contribution in [-0.4, -0.2) is 47.7 Å². The summed E-state index contributed by atoms with van der Waals surface area (Å²) in [4.78, 5) is 41.9. The summed E-state index contributed by atoms with van der Waals surface area (Å²) in [7, 11) is 1.28. The van der Waals surface area contributed by atoms with Crippen molar-refractivity contribution < 1.29 is 19.1 Å². The Bertz CT molecular complexity index is 856. The van der Waals surface area contributed by atoms with Gasteiger partial charge in [0, 0.05) is 28.4 Å². The number of hydrogen-bond donors (Lipinski definition) is 1. The maximum atomic E-state index is 12.9. The number of esters is 1. The van der Waals surface area contributed by atoms with Gasteiger partial charge < -0.3 is 14.6 Å². The van der Waals surface area contributed by atoms with E-state index in [0.717, 1.165) is 0 Å². The molecular weight excluding hydrogens is 368 g/mol. The first-order valence-corrected chi connectivity index (χ1v) is 9.03. The number of halogens is 1. The van der Waals surface area contributed by atoms with E-state index in [2.05, 4.69) is 4.98 Å². The molecule has 0 radical (unpaired) electrons. The van der Waals surface area contributed by atoms with Crippen LogP contribution in [0.4, 0.5) is 0 Å². The summed E-state index contributed by atoms with van der Waals surface area (Å²) in [6.07, 6.45) is 0.713. The molecule has 0 aliphatic carbocycles. The summed E-state index contributed by atoms with van der Waals surface area (Å²) in [5.74, 6) is -0.995. The first kappa shape index (κ1) is 20.7. The molecule has 2 aromatic rings. The lowest BCUT2D eigenvalue weighted by molar-refractivity contribution is 0.0593. The van der Waals surface area contributed by atoms with Crippen LogP contribution in [0.25, 0.3) is 0 Å². The number of hydrogen-bond acceptors (Lipinski definition) is 4. The number of aromatic amines is 1. The number of aryl methyl sites for hydroxylation is 1. The fraction of sp³-hybridized carbons (Fsp3) is 0.350. The highest BCUT2D eigenvalue weighted by molar-refractivity contribution is 6.30. The number of benzene rings is 1. The van der Waals surface area contributed by atoms with Gasteiger partial charge in [0.2, 0.25) is 0 Å². The largest absolute Gasteiger partial charge is 0.464 e. The highest BCUT2D eigenvalue weighted by atomic mass is 35.5. The van der Waals surface area contributed by atoms with E-state index in [9.17, 15) is 14.4 Å². The third-order valence-corrected chi connectivity index (χ3v) is 4.56. The number of H-pyrrole nitrogens is 1. The van der Waals surface area contributed by atoms with Crippen molar-refractivity contribution >= 4 is 29.3 Å². The van der Waals surface area contributed by atoms with Gasteiger partial charge in [-0.2, -0.15) is 0 Å². The van der Waals surface area contributed by atoms with Crippen molar-refractivity contribution in [3.63, 3.8) is 0 Å². The second-order valence-electron chi connectivity index (χ2n) is 6.27. The summed E-state index contributed by atoms with van der Waals surface area (Å²) in [5.41, 5.74) is 2.25. The fourth-order valence-corrected chi connectivity index (χ4v) is 3.15. The van der Waals surface area contributed by atoms with Crippen LogP contribution in [0.2, 0.25) is 5.02 Å². The quantitative estimate of drug-likeness (QED) is 0.576. The highest BCUT2D eigenvalue weighted by Crippen LogP contribution is 2.20. The predicted molar refractivity (Wildman–Crippen MR) is 104 cm³/mol. The molecule has 0 bridgehead atoms. The van der Waals surface area contributed by atoms with E-state index in [0.29, 0.717) is 40.4 Å². The minimum Gasteiger partial charge on any atom is -0.464 e. The Hall–Kier alpha value is -2.60. The standard InChI is InChI=1S/C20H23ClN2O4/c1-5-10-23(19(25)14-6-8-15(21)9-7-14)11-16(24)17-12(2)18(20(26)27-4)22-13(17)3/h6-9,22H,5,10-11H2,1-4H3. The van der Waals surface area contributed by atoms with Gasteiger partial charge in [-0.15, -0.1) is 0 Å². The van der Waals surface area contributed by atoms with Crippen molar-refractivity contribution in [2.75, 3.05) is 20.2 Å². The molecule has 1 N–H and O–H groups in total. The van der Waals surface area contributed by atoms with Crippen LogP contribution in [0.1, 0.15) is 55.8 Å². The number of nitrogens with zero attached hydrogens (tertiary/aromatic N) is 1. The van der Waals surface area contributed by atoms with E-state index in [-0.39, 0.29) is 23.9 Å². The highest BCUT2D eigenvalue weighted by Gasteiger charge is 2.25. The van der Waals surface area contributed by atoms with E-state index in [1.165, 1.54) is 12.0 Å². The number of carbonyl (C=O) groups is 3.